The number of nitrogens with one attached hydrogen (secondary N) is 1. The van der Waals surface area contributed by atoms with Crippen LogP contribution in [-0.2, 0) is 4.79 Å². The van der Waals surface area contributed by atoms with Crippen molar-refractivity contribution in [2.24, 2.45) is 5.41 Å². The normalized spacial score (nSPS) is 19.8. The largest absolute Gasteiger partial charge is 0.458 e. The van der Waals surface area contributed by atoms with Crippen LogP contribution in [-0.4, -0.2) is 25.5 Å². The Balaban J connectivity index is 1.57. The molecular weight excluding hydrogens is 386 g/mol. The first-order valence-electron chi connectivity index (χ1n) is 9.60. The minimum atomic E-state index is -0.505. The maximum absolute atomic E-state index is 13.1. The number of anilines is 1. The fourth-order valence-electron chi connectivity index (χ4n) is 4.21. The average molecular weight is 405 g/mol. The van der Waals surface area contributed by atoms with Crippen LogP contribution >= 0.6 is 0 Å². The van der Waals surface area contributed by atoms with Gasteiger partial charge in [0.25, 0.3) is 5.69 Å². The fraction of sp³-hybridized carbons (Fsp3) is 0.286. The molecule has 3 heterocycles. The van der Waals surface area contributed by atoms with Crippen molar-refractivity contribution in [2.75, 3.05) is 5.32 Å². The lowest BCUT2D eigenvalue weighted by Gasteiger charge is -2.37. The maximum Gasteiger partial charge on any atom is 0.269 e. The van der Waals surface area contributed by atoms with Crippen LogP contribution in [0.2, 0.25) is 0 Å². The van der Waals surface area contributed by atoms with E-state index < -0.39 is 11.0 Å². The van der Waals surface area contributed by atoms with E-state index in [1.165, 1.54) is 18.5 Å². The number of allylic oxidation sites excluding steroid dienone is 2. The van der Waals surface area contributed by atoms with E-state index in [0.29, 0.717) is 35.0 Å². The van der Waals surface area contributed by atoms with Gasteiger partial charge in [-0.25, -0.2) is 4.68 Å². The topological polar surface area (TPSA) is 116 Å². The first kappa shape index (κ1) is 18.3. The SMILES string of the molecule is CC1(C)CC(=O)C2=C(C1)Nc1ncnn1C2c1ccc(-c2ccc([N+](=O)[O-])cc2)o1. The Bertz CT molecular complexity index is 1200. The van der Waals surface area contributed by atoms with Gasteiger partial charge in [-0.2, -0.15) is 10.1 Å². The Morgan fingerprint density at radius 2 is 1.97 bits per heavy atom. The van der Waals surface area contributed by atoms with Gasteiger partial charge in [0.15, 0.2) is 5.78 Å². The van der Waals surface area contributed by atoms with Crippen molar-refractivity contribution in [3.05, 3.63) is 69.9 Å². The molecule has 1 aliphatic heterocycles. The van der Waals surface area contributed by atoms with Gasteiger partial charge in [0.05, 0.1) is 4.92 Å². The molecule has 0 radical (unpaired) electrons. The molecule has 5 rings (SSSR count). The molecule has 1 atom stereocenters. The number of furan rings is 1. The molecule has 30 heavy (non-hydrogen) atoms. The van der Waals surface area contributed by atoms with Crippen molar-refractivity contribution in [3.63, 3.8) is 0 Å². The second-order valence-corrected chi connectivity index (χ2v) is 8.39. The Labute approximate surface area is 171 Å². The minimum Gasteiger partial charge on any atom is -0.458 e. The first-order valence-corrected chi connectivity index (χ1v) is 9.60. The summed E-state index contributed by atoms with van der Waals surface area (Å²) < 4.78 is 7.77. The lowest BCUT2D eigenvalue weighted by molar-refractivity contribution is -0.384. The van der Waals surface area contributed by atoms with E-state index in [2.05, 4.69) is 29.2 Å². The van der Waals surface area contributed by atoms with Crippen LogP contribution in [0.5, 0.6) is 0 Å². The second-order valence-electron chi connectivity index (χ2n) is 8.39. The standard InChI is InChI=1S/C21H19N5O4/c1-21(2)9-14-18(15(27)10-21)19(25-20(24-14)22-11-23-25)17-8-7-16(30-17)12-3-5-13(6-4-12)26(28)29/h3-8,11,19H,9-10H2,1-2H3,(H,22,23,24). The van der Waals surface area contributed by atoms with Crippen LogP contribution in [0.1, 0.15) is 38.5 Å². The number of Topliss-reactive ketones (excluding diaryl/α,β-unsaturated/α-hetero) is 1. The highest BCUT2D eigenvalue weighted by atomic mass is 16.6. The molecule has 0 bridgehead atoms. The van der Waals surface area contributed by atoms with Gasteiger partial charge >= 0.3 is 0 Å². The van der Waals surface area contributed by atoms with Gasteiger partial charge < -0.3 is 9.73 Å². The number of nitro groups is 1. The summed E-state index contributed by atoms with van der Waals surface area (Å²) in [5.41, 5.74) is 2.10. The molecule has 1 aliphatic carbocycles. The molecule has 0 saturated heterocycles. The first-order chi connectivity index (χ1) is 14.3. The number of rotatable bonds is 3. The molecule has 0 amide bonds. The lowest BCUT2D eigenvalue weighted by atomic mass is 9.73. The zero-order valence-corrected chi connectivity index (χ0v) is 16.5. The molecule has 0 saturated carbocycles. The Morgan fingerprint density at radius 3 is 2.70 bits per heavy atom. The summed E-state index contributed by atoms with van der Waals surface area (Å²) in [4.78, 5) is 27.8. The third kappa shape index (κ3) is 2.90. The molecule has 0 spiro atoms. The van der Waals surface area contributed by atoms with Crippen LogP contribution in [0, 0.1) is 15.5 Å². The minimum absolute atomic E-state index is 0.0151. The van der Waals surface area contributed by atoms with Gasteiger partial charge in [-0.05, 0) is 36.1 Å². The zero-order valence-electron chi connectivity index (χ0n) is 16.5. The van der Waals surface area contributed by atoms with Crippen LogP contribution in [0.4, 0.5) is 11.6 Å². The van der Waals surface area contributed by atoms with Crippen molar-refractivity contribution in [1.29, 1.82) is 0 Å². The van der Waals surface area contributed by atoms with Gasteiger partial charge in [-0.3, -0.25) is 14.9 Å². The summed E-state index contributed by atoms with van der Waals surface area (Å²) in [6, 6.07) is 9.26. The molecule has 9 heteroatoms. The number of nitro benzene ring substituents is 1. The average Bonchev–Trinajstić information content (AvgIpc) is 3.35. The quantitative estimate of drug-likeness (QED) is 0.515. The summed E-state index contributed by atoms with van der Waals surface area (Å²) in [5.74, 6) is 1.76. The summed E-state index contributed by atoms with van der Waals surface area (Å²) in [5, 5.41) is 18.5. The number of fused-ring (bicyclic) bond motifs is 1. The van der Waals surface area contributed by atoms with Crippen LogP contribution in [0.15, 0.2) is 58.4 Å². The number of benzene rings is 1. The predicted octanol–water partition coefficient (Wildman–Crippen LogP) is 4.10. The Morgan fingerprint density at radius 1 is 1.20 bits per heavy atom. The number of non-ortho nitro benzene ring substituents is 1. The number of ketones is 1. The van der Waals surface area contributed by atoms with Crippen LogP contribution in [0.25, 0.3) is 11.3 Å². The second kappa shape index (κ2) is 6.38. The van der Waals surface area contributed by atoms with Crippen molar-refractivity contribution >= 4 is 17.4 Å². The lowest BCUT2D eigenvalue weighted by Crippen LogP contribution is -2.36. The number of nitrogens with zero attached hydrogens (tertiary/aromatic N) is 4. The highest BCUT2D eigenvalue weighted by Crippen LogP contribution is 2.45. The van der Waals surface area contributed by atoms with Gasteiger partial charge in [0, 0.05) is 35.4 Å². The number of aromatic nitrogens is 3. The van der Waals surface area contributed by atoms with Crippen molar-refractivity contribution < 1.29 is 14.1 Å². The van der Waals surface area contributed by atoms with E-state index in [4.69, 9.17) is 4.42 Å². The Hall–Kier alpha value is -3.75. The highest BCUT2D eigenvalue weighted by molar-refractivity contribution is 5.99. The van der Waals surface area contributed by atoms with Crippen molar-refractivity contribution in [3.8, 4) is 11.3 Å². The molecule has 2 aliphatic rings. The molecule has 152 valence electrons. The van der Waals surface area contributed by atoms with E-state index in [0.717, 1.165) is 12.1 Å². The van der Waals surface area contributed by atoms with Gasteiger partial charge in [0.1, 0.15) is 23.9 Å². The third-order valence-electron chi connectivity index (χ3n) is 5.53. The molecule has 1 N–H and O–H groups in total. The number of hydrogen-bond donors (Lipinski definition) is 1. The van der Waals surface area contributed by atoms with E-state index in [9.17, 15) is 14.9 Å². The molecule has 2 aromatic heterocycles. The molecular formula is C21H19N5O4. The number of hydrogen-bond acceptors (Lipinski definition) is 7. The molecule has 9 nitrogen and oxygen atoms in total. The van der Waals surface area contributed by atoms with E-state index in [1.807, 2.05) is 6.07 Å². The van der Waals surface area contributed by atoms with Gasteiger partial charge in [-0.15, -0.1) is 0 Å². The van der Waals surface area contributed by atoms with Crippen LogP contribution < -0.4 is 5.32 Å². The third-order valence-corrected chi connectivity index (χ3v) is 5.53. The summed E-state index contributed by atoms with van der Waals surface area (Å²) in [6.07, 6.45) is 2.63. The Kier molecular flexibility index (Phi) is 3.89. The number of carbonyl (C=O) groups excluding carboxylic acids is 1. The van der Waals surface area contributed by atoms with E-state index >= 15 is 0 Å². The molecule has 1 aromatic carbocycles. The number of carbonyl (C=O) groups is 1. The van der Waals surface area contributed by atoms with E-state index in [-0.39, 0.29) is 16.9 Å². The fourth-order valence-corrected chi connectivity index (χ4v) is 4.21. The molecule has 0 fully saturated rings. The molecule has 3 aromatic rings. The smallest absolute Gasteiger partial charge is 0.269 e. The monoisotopic (exact) mass is 405 g/mol. The van der Waals surface area contributed by atoms with Crippen molar-refractivity contribution in [1.82, 2.24) is 14.8 Å². The zero-order chi connectivity index (χ0) is 21.0. The summed E-state index contributed by atoms with van der Waals surface area (Å²) >= 11 is 0. The van der Waals surface area contributed by atoms with Gasteiger partial charge in [-0.1, -0.05) is 13.8 Å². The summed E-state index contributed by atoms with van der Waals surface area (Å²) in [6.45, 7) is 4.15. The predicted molar refractivity (Wildman–Crippen MR) is 108 cm³/mol. The summed E-state index contributed by atoms with van der Waals surface area (Å²) in [7, 11) is 0. The maximum atomic E-state index is 13.1. The van der Waals surface area contributed by atoms with Crippen molar-refractivity contribution in [2.45, 2.75) is 32.7 Å². The van der Waals surface area contributed by atoms with E-state index in [1.54, 1.807) is 22.9 Å². The molecule has 1 unspecified atom stereocenters. The van der Waals surface area contributed by atoms with Crippen LogP contribution in [0.3, 0.4) is 0 Å². The highest BCUT2D eigenvalue weighted by Gasteiger charge is 2.42. The van der Waals surface area contributed by atoms with Gasteiger partial charge in [0.2, 0.25) is 5.95 Å².